The number of amides is 2. The normalized spacial score (nSPS) is 15.0. The van der Waals surface area contributed by atoms with Crippen LogP contribution in [0.15, 0.2) is 47.4 Å². The number of carbonyl (C=O) groups excluding carboxylic acids is 2. The lowest BCUT2D eigenvalue weighted by Gasteiger charge is -2.15. The topological polar surface area (TPSA) is 67.9 Å². The van der Waals surface area contributed by atoms with Gasteiger partial charge in [-0.25, -0.2) is 0 Å². The molecule has 0 bridgehead atoms. The lowest BCUT2D eigenvalue weighted by molar-refractivity contribution is -0.123. The molecule has 1 saturated heterocycles. The lowest BCUT2D eigenvalue weighted by Crippen LogP contribution is -2.44. The molecule has 8 heteroatoms. The van der Waals surface area contributed by atoms with Crippen molar-refractivity contribution in [1.82, 2.24) is 10.4 Å². The third-order valence-electron chi connectivity index (χ3n) is 4.11. The molecule has 6 nitrogen and oxygen atoms in total. The van der Waals surface area contributed by atoms with E-state index in [0.717, 1.165) is 27.9 Å². The molecular weight excluding hydrogens is 408 g/mol. The Morgan fingerprint density at radius 1 is 1.21 bits per heavy atom. The summed E-state index contributed by atoms with van der Waals surface area (Å²) in [5.41, 5.74) is 4.83. The molecule has 0 saturated carbocycles. The number of methoxy groups -OCH3 is 1. The van der Waals surface area contributed by atoms with E-state index in [4.69, 9.17) is 21.7 Å². The van der Waals surface area contributed by atoms with Crippen molar-refractivity contribution in [1.29, 1.82) is 0 Å². The van der Waals surface area contributed by atoms with Gasteiger partial charge in [0, 0.05) is 5.56 Å². The van der Waals surface area contributed by atoms with Gasteiger partial charge < -0.3 is 9.47 Å². The van der Waals surface area contributed by atoms with Gasteiger partial charge in [-0.2, -0.15) is 5.01 Å². The van der Waals surface area contributed by atoms with E-state index in [9.17, 15) is 9.59 Å². The first-order valence-electron chi connectivity index (χ1n) is 8.89. The molecule has 0 atom stereocenters. The van der Waals surface area contributed by atoms with E-state index in [0.29, 0.717) is 28.6 Å². The molecule has 1 fully saturated rings. The van der Waals surface area contributed by atoms with Crippen molar-refractivity contribution >= 4 is 46.2 Å². The van der Waals surface area contributed by atoms with Crippen LogP contribution in [0.3, 0.4) is 0 Å². The molecule has 0 aromatic heterocycles. The average Bonchev–Trinajstić information content (AvgIpc) is 2.97. The van der Waals surface area contributed by atoms with Crippen molar-refractivity contribution in [3.05, 3.63) is 64.1 Å². The largest absolute Gasteiger partial charge is 0.493 e. The minimum absolute atomic E-state index is 0.264. The smallest absolute Gasteiger partial charge is 0.285 e. The molecule has 0 spiro atoms. The number of ether oxygens (including phenoxy) is 2. The van der Waals surface area contributed by atoms with Crippen molar-refractivity contribution in [2.75, 3.05) is 13.7 Å². The molecule has 0 radical (unpaired) electrons. The summed E-state index contributed by atoms with van der Waals surface area (Å²) in [6, 6.07) is 12.5. The van der Waals surface area contributed by atoms with E-state index in [-0.39, 0.29) is 10.2 Å². The van der Waals surface area contributed by atoms with Crippen LogP contribution in [-0.2, 0) is 4.79 Å². The van der Waals surface area contributed by atoms with Gasteiger partial charge in [0.2, 0.25) is 0 Å². The Labute approximate surface area is 178 Å². The first-order chi connectivity index (χ1) is 13.9. The molecule has 1 heterocycles. The zero-order valence-corrected chi connectivity index (χ0v) is 17.9. The second kappa shape index (κ2) is 9.11. The van der Waals surface area contributed by atoms with Gasteiger partial charge in [-0.1, -0.05) is 35.5 Å². The molecule has 2 amide bonds. The number of aryl methyl sites for hydroxylation is 1. The van der Waals surface area contributed by atoms with E-state index in [1.54, 1.807) is 37.5 Å². The zero-order valence-electron chi connectivity index (χ0n) is 16.2. The number of rotatable bonds is 6. The van der Waals surface area contributed by atoms with Crippen LogP contribution in [0, 0.1) is 6.92 Å². The molecular formula is C21H20N2O4S2. The maximum atomic E-state index is 12.7. The fourth-order valence-electron chi connectivity index (χ4n) is 2.64. The van der Waals surface area contributed by atoms with Gasteiger partial charge in [0.15, 0.2) is 15.8 Å². The summed E-state index contributed by atoms with van der Waals surface area (Å²) in [7, 11) is 1.56. The average molecular weight is 429 g/mol. The van der Waals surface area contributed by atoms with E-state index < -0.39 is 5.91 Å². The Balaban J connectivity index is 1.77. The number of thioether (sulfide) groups is 1. The second-order valence-electron chi connectivity index (χ2n) is 6.17. The van der Waals surface area contributed by atoms with Gasteiger partial charge >= 0.3 is 0 Å². The molecule has 0 aliphatic carbocycles. The van der Waals surface area contributed by atoms with Crippen LogP contribution < -0.4 is 14.9 Å². The van der Waals surface area contributed by atoms with Crippen LogP contribution >= 0.6 is 24.0 Å². The Kier molecular flexibility index (Phi) is 6.56. The second-order valence-corrected chi connectivity index (χ2v) is 7.84. The molecule has 1 aliphatic heterocycles. The molecule has 0 unspecified atom stereocenters. The van der Waals surface area contributed by atoms with Crippen molar-refractivity contribution in [3.63, 3.8) is 0 Å². The molecule has 150 valence electrons. The van der Waals surface area contributed by atoms with Crippen molar-refractivity contribution in [2.24, 2.45) is 0 Å². The fraction of sp³-hybridized carbons (Fsp3) is 0.190. The van der Waals surface area contributed by atoms with Crippen LogP contribution in [0.1, 0.15) is 28.4 Å². The number of nitrogens with one attached hydrogen (secondary N) is 1. The first kappa shape index (κ1) is 20.9. The minimum Gasteiger partial charge on any atom is -0.493 e. The quantitative estimate of drug-likeness (QED) is 0.555. The van der Waals surface area contributed by atoms with Gasteiger partial charge in [0.1, 0.15) is 0 Å². The maximum absolute atomic E-state index is 12.7. The molecule has 2 aromatic carbocycles. The number of nitrogens with zero attached hydrogens (tertiary/aromatic N) is 1. The molecule has 2 aromatic rings. The minimum atomic E-state index is -0.398. The standard InChI is InChI=1S/C21H20N2O4S2/c1-4-27-16-10-7-14(11-17(16)26-3)12-18-20(25)23(21(28)29-18)22-19(24)15-8-5-13(2)6-9-15/h5-12H,4H2,1-3H3,(H,22,24). The van der Waals surface area contributed by atoms with Gasteiger partial charge in [0.25, 0.3) is 11.8 Å². The highest BCUT2D eigenvalue weighted by Gasteiger charge is 2.33. The number of carbonyl (C=O) groups is 2. The van der Waals surface area contributed by atoms with E-state index in [1.165, 1.54) is 0 Å². The fourth-order valence-corrected chi connectivity index (χ4v) is 3.81. The monoisotopic (exact) mass is 428 g/mol. The third kappa shape index (κ3) is 4.78. The van der Waals surface area contributed by atoms with Crippen molar-refractivity contribution < 1.29 is 19.1 Å². The van der Waals surface area contributed by atoms with Gasteiger partial charge in [-0.05, 0) is 62.0 Å². The summed E-state index contributed by atoms with van der Waals surface area (Å²) in [5.74, 6) is 0.424. The first-order valence-corrected chi connectivity index (χ1v) is 10.1. The summed E-state index contributed by atoms with van der Waals surface area (Å²) < 4.78 is 11.1. The van der Waals surface area contributed by atoms with Crippen molar-refractivity contribution in [3.8, 4) is 11.5 Å². The zero-order chi connectivity index (χ0) is 21.0. The Morgan fingerprint density at radius 2 is 1.93 bits per heavy atom. The van der Waals surface area contributed by atoms with Crippen LogP contribution in [0.5, 0.6) is 11.5 Å². The van der Waals surface area contributed by atoms with E-state index in [1.807, 2.05) is 32.0 Å². The van der Waals surface area contributed by atoms with Crippen LogP contribution in [-0.4, -0.2) is 34.9 Å². The summed E-state index contributed by atoms with van der Waals surface area (Å²) in [6.07, 6.45) is 1.70. The Hall–Kier alpha value is -2.84. The highest BCUT2D eigenvalue weighted by atomic mass is 32.2. The molecule has 29 heavy (non-hydrogen) atoms. The van der Waals surface area contributed by atoms with E-state index >= 15 is 0 Å². The molecule has 1 aliphatic rings. The number of benzene rings is 2. The number of hydrogen-bond donors (Lipinski definition) is 1. The summed E-state index contributed by atoms with van der Waals surface area (Å²) in [5, 5.41) is 1.10. The number of thiocarbonyl (C=S) groups is 1. The van der Waals surface area contributed by atoms with Gasteiger partial charge in [-0.15, -0.1) is 0 Å². The molecule has 1 N–H and O–H groups in total. The Bertz CT molecular complexity index is 987. The van der Waals surface area contributed by atoms with Crippen LogP contribution in [0.2, 0.25) is 0 Å². The van der Waals surface area contributed by atoms with Crippen LogP contribution in [0.4, 0.5) is 0 Å². The summed E-state index contributed by atoms with van der Waals surface area (Å²) in [6.45, 7) is 4.35. The van der Waals surface area contributed by atoms with Crippen LogP contribution in [0.25, 0.3) is 6.08 Å². The highest BCUT2D eigenvalue weighted by molar-refractivity contribution is 8.26. The van der Waals surface area contributed by atoms with Crippen molar-refractivity contribution in [2.45, 2.75) is 13.8 Å². The lowest BCUT2D eigenvalue weighted by atomic mass is 10.1. The van der Waals surface area contributed by atoms with E-state index in [2.05, 4.69) is 5.43 Å². The molecule has 3 rings (SSSR count). The summed E-state index contributed by atoms with van der Waals surface area (Å²) in [4.78, 5) is 25.6. The van der Waals surface area contributed by atoms with Gasteiger partial charge in [0.05, 0.1) is 18.6 Å². The predicted octanol–water partition coefficient (Wildman–Crippen LogP) is 3.95. The number of hydrogen-bond acceptors (Lipinski definition) is 6. The number of hydrazine groups is 1. The summed E-state index contributed by atoms with van der Waals surface area (Å²) >= 11 is 6.40. The Morgan fingerprint density at radius 3 is 2.59 bits per heavy atom. The SMILES string of the molecule is CCOc1ccc(C=C2SC(=S)N(NC(=O)c3ccc(C)cc3)C2=O)cc1OC. The predicted molar refractivity (Wildman–Crippen MR) is 118 cm³/mol. The maximum Gasteiger partial charge on any atom is 0.285 e. The third-order valence-corrected chi connectivity index (χ3v) is 5.41. The van der Waals surface area contributed by atoms with Gasteiger partial charge in [-0.3, -0.25) is 15.0 Å². The highest BCUT2D eigenvalue weighted by Crippen LogP contribution is 2.34.